The fourth-order valence-corrected chi connectivity index (χ4v) is 2.51. The van der Waals surface area contributed by atoms with Gasteiger partial charge in [-0.15, -0.1) is 0 Å². The number of hydrogen-bond donors (Lipinski definition) is 2. The van der Waals surface area contributed by atoms with Crippen LogP contribution < -0.4 is 15.4 Å². The van der Waals surface area contributed by atoms with Crippen molar-refractivity contribution < 1.29 is 9.53 Å². The fourth-order valence-electron chi connectivity index (χ4n) is 2.34. The minimum absolute atomic E-state index is 0.140. The Labute approximate surface area is 160 Å². The number of para-hydroxylation sites is 1. The minimum Gasteiger partial charge on any atom is -0.495 e. The monoisotopic (exact) mass is 379 g/mol. The SMILES string of the molecule is COc1ccc(Cl)cc1Nc1cc(C(=O)Nc2ccccc2C#N)ncn1. The molecule has 1 amide bonds. The molecule has 1 heterocycles. The molecule has 0 aliphatic heterocycles. The van der Waals surface area contributed by atoms with Crippen molar-refractivity contribution in [3.05, 3.63) is 71.1 Å². The Morgan fingerprint density at radius 3 is 2.74 bits per heavy atom. The van der Waals surface area contributed by atoms with Gasteiger partial charge >= 0.3 is 0 Å². The molecule has 3 aromatic rings. The van der Waals surface area contributed by atoms with Crippen LogP contribution in [0.4, 0.5) is 17.2 Å². The second-order valence-electron chi connectivity index (χ2n) is 5.37. The van der Waals surface area contributed by atoms with Gasteiger partial charge in [-0.1, -0.05) is 23.7 Å². The highest BCUT2D eigenvalue weighted by molar-refractivity contribution is 6.31. The lowest BCUT2D eigenvalue weighted by Crippen LogP contribution is -2.15. The van der Waals surface area contributed by atoms with Crippen LogP contribution in [-0.2, 0) is 0 Å². The quantitative estimate of drug-likeness (QED) is 0.694. The van der Waals surface area contributed by atoms with Crippen LogP contribution in [0.15, 0.2) is 54.9 Å². The number of methoxy groups -OCH3 is 1. The molecular weight excluding hydrogens is 366 g/mol. The van der Waals surface area contributed by atoms with Gasteiger partial charge < -0.3 is 15.4 Å². The summed E-state index contributed by atoms with van der Waals surface area (Å²) >= 11 is 6.02. The zero-order valence-corrected chi connectivity index (χ0v) is 15.0. The van der Waals surface area contributed by atoms with Gasteiger partial charge in [0.05, 0.1) is 24.0 Å². The normalized spacial score (nSPS) is 9.96. The number of halogens is 1. The van der Waals surface area contributed by atoms with Crippen LogP contribution >= 0.6 is 11.6 Å². The number of nitrogens with one attached hydrogen (secondary N) is 2. The van der Waals surface area contributed by atoms with Crippen LogP contribution in [0.1, 0.15) is 16.1 Å². The molecule has 0 spiro atoms. The van der Waals surface area contributed by atoms with E-state index in [1.54, 1.807) is 49.6 Å². The van der Waals surface area contributed by atoms with E-state index in [0.29, 0.717) is 33.5 Å². The Balaban J connectivity index is 1.82. The number of ether oxygens (including phenoxy) is 1. The summed E-state index contributed by atoms with van der Waals surface area (Å²) in [6.45, 7) is 0. The van der Waals surface area contributed by atoms with Gasteiger partial charge in [0.1, 0.15) is 29.7 Å². The van der Waals surface area contributed by atoms with E-state index in [0.717, 1.165) is 0 Å². The van der Waals surface area contributed by atoms with Crippen molar-refractivity contribution in [3.63, 3.8) is 0 Å². The molecule has 3 rings (SSSR count). The van der Waals surface area contributed by atoms with Crippen LogP contribution in [0.3, 0.4) is 0 Å². The molecule has 0 atom stereocenters. The smallest absolute Gasteiger partial charge is 0.274 e. The van der Waals surface area contributed by atoms with Gasteiger partial charge in [0.25, 0.3) is 5.91 Å². The lowest BCUT2D eigenvalue weighted by Gasteiger charge is -2.11. The molecule has 27 heavy (non-hydrogen) atoms. The van der Waals surface area contributed by atoms with Crippen molar-refractivity contribution in [2.75, 3.05) is 17.7 Å². The summed E-state index contributed by atoms with van der Waals surface area (Å²) in [5.74, 6) is 0.512. The van der Waals surface area contributed by atoms with Crippen molar-refractivity contribution >= 4 is 34.7 Å². The second kappa shape index (κ2) is 8.17. The zero-order chi connectivity index (χ0) is 19.2. The van der Waals surface area contributed by atoms with Gasteiger partial charge in [-0.25, -0.2) is 9.97 Å². The first-order valence-corrected chi connectivity index (χ1v) is 8.21. The lowest BCUT2D eigenvalue weighted by molar-refractivity contribution is 0.102. The van der Waals surface area contributed by atoms with E-state index < -0.39 is 5.91 Å². The summed E-state index contributed by atoms with van der Waals surface area (Å²) in [4.78, 5) is 20.6. The molecule has 7 nitrogen and oxygen atoms in total. The van der Waals surface area contributed by atoms with E-state index in [1.165, 1.54) is 12.4 Å². The third-order valence-corrected chi connectivity index (χ3v) is 3.85. The van der Waals surface area contributed by atoms with Gasteiger partial charge in [-0.2, -0.15) is 5.26 Å². The molecule has 134 valence electrons. The van der Waals surface area contributed by atoms with Gasteiger partial charge in [0.15, 0.2) is 0 Å². The average molecular weight is 380 g/mol. The zero-order valence-electron chi connectivity index (χ0n) is 14.2. The predicted molar refractivity (Wildman–Crippen MR) is 102 cm³/mol. The first-order valence-electron chi connectivity index (χ1n) is 7.84. The Kier molecular flexibility index (Phi) is 5.50. The summed E-state index contributed by atoms with van der Waals surface area (Å²) in [7, 11) is 1.54. The van der Waals surface area contributed by atoms with Crippen molar-refractivity contribution in [1.82, 2.24) is 9.97 Å². The van der Waals surface area contributed by atoms with E-state index in [-0.39, 0.29) is 5.69 Å². The summed E-state index contributed by atoms with van der Waals surface area (Å²) in [6, 6.07) is 15.3. The summed E-state index contributed by atoms with van der Waals surface area (Å²) in [6.07, 6.45) is 1.27. The van der Waals surface area contributed by atoms with Crippen molar-refractivity contribution in [2.24, 2.45) is 0 Å². The number of nitrogens with zero attached hydrogens (tertiary/aromatic N) is 3. The molecule has 0 bridgehead atoms. The molecule has 1 aromatic heterocycles. The predicted octanol–water partition coefficient (Wildman–Crippen LogP) is 4.01. The number of carbonyl (C=O) groups excluding carboxylic acids is 1. The van der Waals surface area contributed by atoms with E-state index in [9.17, 15) is 4.79 Å². The van der Waals surface area contributed by atoms with Gasteiger partial charge in [0, 0.05) is 11.1 Å². The Hall–Kier alpha value is -3.63. The highest BCUT2D eigenvalue weighted by atomic mass is 35.5. The molecule has 0 saturated carbocycles. The van der Waals surface area contributed by atoms with Crippen LogP contribution in [0.2, 0.25) is 5.02 Å². The maximum atomic E-state index is 12.5. The van der Waals surface area contributed by atoms with Gasteiger partial charge in [0.2, 0.25) is 0 Å². The molecule has 2 aromatic carbocycles. The highest BCUT2D eigenvalue weighted by Gasteiger charge is 2.12. The van der Waals surface area contributed by atoms with Crippen LogP contribution in [-0.4, -0.2) is 23.0 Å². The maximum Gasteiger partial charge on any atom is 0.274 e. The number of carbonyl (C=O) groups is 1. The molecule has 0 fully saturated rings. The molecule has 0 unspecified atom stereocenters. The largest absolute Gasteiger partial charge is 0.495 e. The van der Waals surface area contributed by atoms with Crippen molar-refractivity contribution in [1.29, 1.82) is 5.26 Å². The summed E-state index contributed by atoms with van der Waals surface area (Å²) in [5, 5.41) is 15.4. The van der Waals surface area contributed by atoms with E-state index in [4.69, 9.17) is 21.6 Å². The van der Waals surface area contributed by atoms with Gasteiger partial charge in [-0.3, -0.25) is 4.79 Å². The highest BCUT2D eigenvalue weighted by Crippen LogP contribution is 2.30. The first kappa shape index (κ1) is 18.2. The topological polar surface area (TPSA) is 99.9 Å². The number of aromatic nitrogens is 2. The number of hydrogen-bond acceptors (Lipinski definition) is 6. The number of anilines is 3. The van der Waals surface area contributed by atoms with E-state index in [1.807, 2.05) is 6.07 Å². The Bertz CT molecular complexity index is 1030. The lowest BCUT2D eigenvalue weighted by atomic mass is 10.2. The number of rotatable bonds is 5. The van der Waals surface area contributed by atoms with Crippen molar-refractivity contribution in [2.45, 2.75) is 0 Å². The standard InChI is InChI=1S/C19H14ClN5O2/c1-27-17-7-6-13(20)8-15(17)24-18-9-16(22-11-23-18)19(26)25-14-5-3-2-4-12(14)10-21/h2-9,11H,1H3,(H,25,26)(H,22,23,24). The molecule has 0 aliphatic carbocycles. The third-order valence-electron chi connectivity index (χ3n) is 3.62. The molecule has 0 saturated heterocycles. The Morgan fingerprint density at radius 1 is 1.15 bits per heavy atom. The fraction of sp³-hybridized carbons (Fsp3) is 0.0526. The Morgan fingerprint density at radius 2 is 1.96 bits per heavy atom. The third kappa shape index (κ3) is 4.32. The van der Waals surface area contributed by atoms with E-state index >= 15 is 0 Å². The maximum absolute atomic E-state index is 12.5. The average Bonchev–Trinajstić information content (AvgIpc) is 2.69. The molecule has 0 aliphatic rings. The molecule has 2 N–H and O–H groups in total. The van der Waals surface area contributed by atoms with Crippen LogP contribution in [0.5, 0.6) is 5.75 Å². The van der Waals surface area contributed by atoms with Crippen LogP contribution in [0, 0.1) is 11.3 Å². The van der Waals surface area contributed by atoms with E-state index in [2.05, 4.69) is 20.6 Å². The molecule has 8 heteroatoms. The molecular formula is C19H14ClN5O2. The molecule has 0 radical (unpaired) electrons. The van der Waals surface area contributed by atoms with Crippen LogP contribution in [0.25, 0.3) is 0 Å². The summed E-state index contributed by atoms with van der Waals surface area (Å²) < 4.78 is 5.28. The number of benzene rings is 2. The second-order valence-corrected chi connectivity index (χ2v) is 5.81. The van der Waals surface area contributed by atoms with Gasteiger partial charge in [-0.05, 0) is 30.3 Å². The first-order chi connectivity index (χ1) is 13.1. The number of nitriles is 1. The summed E-state index contributed by atoms with van der Waals surface area (Å²) in [5.41, 5.74) is 1.52. The number of amides is 1. The minimum atomic E-state index is -0.457. The van der Waals surface area contributed by atoms with Crippen molar-refractivity contribution in [3.8, 4) is 11.8 Å².